The zero-order chi connectivity index (χ0) is 13.4. The third-order valence-electron chi connectivity index (χ3n) is 3.04. The normalized spacial score (nSPS) is 13.8. The molecule has 0 aromatic carbocycles. The zero-order valence-electron chi connectivity index (χ0n) is 10.9. The van der Waals surface area contributed by atoms with Gasteiger partial charge in [-0.3, -0.25) is 0 Å². The fourth-order valence-corrected chi connectivity index (χ4v) is 0.896. The minimum absolute atomic E-state index is 0.199. The van der Waals surface area contributed by atoms with Crippen molar-refractivity contribution in [2.75, 3.05) is 0 Å². The van der Waals surface area contributed by atoms with Crippen LogP contribution in [-0.2, 0) is 9.59 Å². The van der Waals surface area contributed by atoms with Crippen molar-refractivity contribution in [3.8, 4) is 0 Å². The van der Waals surface area contributed by atoms with E-state index in [1.54, 1.807) is 20.8 Å². The van der Waals surface area contributed by atoms with Gasteiger partial charge in [0.2, 0.25) is 0 Å². The maximum absolute atomic E-state index is 11.8. The molecule has 0 saturated carbocycles. The van der Waals surface area contributed by atoms with Crippen molar-refractivity contribution in [3.63, 3.8) is 0 Å². The second-order valence-electron chi connectivity index (χ2n) is 5.92. The van der Waals surface area contributed by atoms with Crippen LogP contribution < -0.4 is 0 Å². The molecule has 2 N–H and O–H groups in total. The Bertz CT molecular complexity index is 294. The van der Waals surface area contributed by atoms with Gasteiger partial charge in [-0.05, 0) is 0 Å². The van der Waals surface area contributed by atoms with Crippen molar-refractivity contribution in [2.45, 2.75) is 45.5 Å². The van der Waals surface area contributed by atoms with Crippen molar-refractivity contribution in [1.29, 1.82) is 0 Å². The van der Waals surface area contributed by atoms with E-state index in [0.717, 1.165) is 17.7 Å². The van der Waals surface area contributed by atoms with Gasteiger partial charge in [0.1, 0.15) is 0 Å². The van der Waals surface area contributed by atoms with Crippen molar-refractivity contribution in [2.24, 2.45) is 10.8 Å². The Morgan fingerprint density at radius 3 is 1.62 bits per heavy atom. The van der Waals surface area contributed by atoms with Gasteiger partial charge < -0.3 is 0 Å². The second-order valence-corrected chi connectivity index (χ2v) is 5.92. The van der Waals surface area contributed by atoms with E-state index in [4.69, 9.17) is 0 Å². The molecule has 0 aliphatic carbocycles. The second kappa shape index (κ2) is 4.62. The van der Waals surface area contributed by atoms with E-state index in [2.05, 4.69) is 0 Å². The standard InChI is InChI=1S/C11H19O4.Li/c1-10(2,3)7(12)6-8(13)11(4,5)9(14)15;/h14-15H,6H2,1-5H3;. The molecule has 0 unspecified atom stereocenters. The molecule has 0 atom stereocenters. The summed E-state index contributed by atoms with van der Waals surface area (Å²) in [6.45, 7) is 8.03. The van der Waals surface area contributed by atoms with Crippen LogP contribution in [0.4, 0.5) is 0 Å². The summed E-state index contributed by atoms with van der Waals surface area (Å²) in [7, 11) is 0. The Hall–Kier alpha value is -0.143. The molecule has 5 heteroatoms. The summed E-state index contributed by atoms with van der Waals surface area (Å²) in [5, 5.41) is 18.9. The van der Waals surface area contributed by atoms with Crippen molar-refractivity contribution in [3.05, 3.63) is 0 Å². The Labute approximate surface area is 106 Å². The van der Waals surface area contributed by atoms with Gasteiger partial charge in [0.05, 0.1) is 0 Å². The molecular weight excluding hydrogens is 203 g/mol. The van der Waals surface area contributed by atoms with Crippen LogP contribution in [0.25, 0.3) is 0 Å². The fourth-order valence-electron chi connectivity index (χ4n) is 0.896. The fraction of sp³-hybridized carbons (Fsp3) is 0.818. The van der Waals surface area contributed by atoms with Crippen LogP contribution in [-0.4, -0.2) is 44.0 Å². The summed E-state index contributed by atoms with van der Waals surface area (Å²) in [6.07, 6.45) is -0.271. The third kappa shape index (κ3) is 3.71. The van der Waals surface area contributed by atoms with Crippen LogP contribution in [0.1, 0.15) is 41.0 Å². The first kappa shape index (κ1) is 15.9. The van der Waals surface area contributed by atoms with Crippen molar-refractivity contribution < 1.29 is 19.8 Å². The van der Waals surface area contributed by atoms with Crippen molar-refractivity contribution in [1.82, 2.24) is 0 Å². The predicted octanol–water partition coefficient (Wildman–Crippen LogP) is 0.394. The molecule has 4 nitrogen and oxygen atoms in total. The van der Waals surface area contributed by atoms with E-state index >= 15 is 0 Å². The van der Waals surface area contributed by atoms with Crippen LogP contribution in [0, 0.1) is 10.8 Å². The number of hydrogen-bond acceptors (Lipinski definition) is 4. The summed E-state index contributed by atoms with van der Waals surface area (Å²) in [5.74, 6) is -0.658. The molecule has 0 aliphatic rings. The molecule has 0 spiro atoms. The number of carbonyl (C=O) groups excluding carboxylic acids is 2. The molecule has 0 amide bonds. The molecule has 0 heterocycles. The van der Waals surface area contributed by atoms with E-state index in [-0.39, 0.29) is 12.2 Å². The number of ketones is 2. The Kier molecular flexibility index (Phi) is 4.58. The monoisotopic (exact) mass is 222 g/mol. The molecule has 0 aromatic heterocycles. The van der Waals surface area contributed by atoms with Gasteiger partial charge >= 0.3 is 105 Å². The molecule has 0 aromatic rings. The summed E-state index contributed by atoms with van der Waals surface area (Å²) in [6, 6.07) is 0. The molecule has 0 radical (unpaired) electrons. The summed E-state index contributed by atoms with van der Waals surface area (Å²) in [4.78, 5) is 23.5. The topological polar surface area (TPSA) is 74.6 Å². The van der Waals surface area contributed by atoms with Gasteiger partial charge in [0.25, 0.3) is 0 Å². The van der Waals surface area contributed by atoms with E-state index < -0.39 is 21.1 Å². The molecule has 88 valence electrons. The van der Waals surface area contributed by atoms with Crippen LogP contribution >= 0.6 is 0 Å². The Morgan fingerprint density at radius 1 is 1.00 bits per heavy atom. The molecular formula is C11H19LiO4. The predicted molar refractivity (Wildman–Crippen MR) is 60.8 cm³/mol. The van der Waals surface area contributed by atoms with Crippen LogP contribution in [0.5, 0.6) is 0 Å². The number of Topliss-reactive ketones (excluding diaryl/α,β-unsaturated/α-hetero) is 2. The van der Waals surface area contributed by atoms with E-state index in [1.165, 1.54) is 13.8 Å². The SMILES string of the molecule is [Li][C](O)(O)C(C)(C)C(=O)CC(=O)C(C)(C)C. The van der Waals surface area contributed by atoms with E-state index in [9.17, 15) is 19.8 Å². The molecule has 0 bridgehead atoms. The van der Waals surface area contributed by atoms with Gasteiger partial charge in [0.15, 0.2) is 0 Å². The maximum atomic E-state index is 11.8. The number of rotatable bonds is 4. The number of hydrogen-bond donors (Lipinski definition) is 2. The van der Waals surface area contributed by atoms with Gasteiger partial charge in [-0.2, -0.15) is 0 Å². The molecule has 0 saturated heterocycles. The van der Waals surface area contributed by atoms with Gasteiger partial charge in [0, 0.05) is 0 Å². The molecule has 0 fully saturated rings. The molecule has 0 rings (SSSR count). The van der Waals surface area contributed by atoms with Gasteiger partial charge in [-0.25, -0.2) is 0 Å². The van der Waals surface area contributed by atoms with Gasteiger partial charge in [-0.15, -0.1) is 0 Å². The molecule has 0 aliphatic heterocycles. The first-order valence-electron chi connectivity index (χ1n) is 5.31. The summed E-state index contributed by atoms with van der Waals surface area (Å²) >= 11 is 1.15. The number of carbonyl (C=O) groups is 2. The van der Waals surface area contributed by atoms with Gasteiger partial charge in [-0.1, -0.05) is 0 Å². The first-order valence-corrected chi connectivity index (χ1v) is 5.31. The van der Waals surface area contributed by atoms with E-state index in [1.807, 2.05) is 0 Å². The number of aliphatic hydroxyl groups is 2. The zero-order valence-corrected chi connectivity index (χ0v) is 10.9. The molecule has 16 heavy (non-hydrogen) atoms. The van der Waals surface area contributed by atoms with Crippen LogP contribution in [0.3, 0.4) is 0 Å². The van der Waals surface area contributed by atoms with Crippen LogP contribution in [0.15, 0.2) is 0 Å². The quantitative estimate of drug-likeness (QED) is 0.410. The van der Waals surface area contributed by atoms with Crippen LogP contribution in [0.2, 0.25) is 0 Å². The average Bonchev–Trinajstić information content (AvgIpc) is 1.99. The van der Waals surface area contributed by atoms with E-state index in [0.29, 0.717) is 0 Å². The first-order chi connectivity index (χ1) is 6.80. The third-order valence-corrected chi connectivity index (χ3v) is 3.04. The van der Waals surface area contributed by atoms with Crippen molar-refractivity contribution >= 4 is 29.3 Å². The summed E-state index contributed by atoms with van der Waals surface area (Å²) in [5.41, 5.74) is -1.94. The summed E-state index contributed by atoms with van der Waals surface area (Å²) < 4.78 is -2.12. The Morgan fingerprint density at radius 2 is 1.38 bits per heavy atom. The Balaban J connectivity index is 4.80. The average molecular weight is 222 g/mol. The minimum atomic E-state index is -2.12.